The maximum absolute atomic E-state index is 13.4. The van der Waals surface area contributed by atoms with Gasteiger partial charge in [-0.25, -0.2) is 0 Å². The molecule has 0 spiro atoms. The lowest BCUT2D eigenvalue weighted by molar-refractivity contribution is -0.135. The van der Waals surface area contributed by atoms with E-state index in [4.69, 9.17) is 0 Å². The summed E-state index contributed by atoms with van der Waals surface area (Å²) in [5.74, 6) is 0.567. The maximum atomic E-state index is 13.4. The molecule has 6 heteroatoms. The van der Waals surface area contributed by atoms with Crippen molar-refractivity contribution in [2.24, 2.45) is 11.8 Å². The molecule has 2 heterocycles. The predicted octanol–water partition coefficient (Wildman–Crippen LogP) is 3.22. The molecule has 3 aliphatic rings. The molecule has 1 N–H and O–H groups in total. The van der Waals surface area contributed by atoms with Crippen LogP contribution >= 0.6 is 0 Å². The number of hydrogen-bond acceptors (Lipinski definition) is 3. The summed E-state index contributed by atoms with van der Waals surface area (Å²) >= 11 is 0. The van der Waals surface area contributed by atoms with Crippen LogP contribution in [0.4, 0.5) is 0 Å². The average molecular weight is 426 g/mol. The molecule has 0 bridgehead atoms. The number of nitrogens with one attached hydrogen (secondary N) is 1. The molecule has 3 amide bonds. The molecular weight excluding hydrogens is 390 g/mol. The fraction of sp³-hybridized carbons (Fsp3) is 0.640. The Morgan fingerprint density at radius 1 is 0.968 bits per heavy atom. The molecular formula is C25H35N3O3. The van der Waals surface area contributed by atoms with Crippen LogP contribution in [0.1, 0.15) is 69.2 Å². The highest BCUT2D eigenvalue weighted by Gasteiger charge is 2.47. The third-order valence-corrected chi connectivity index (χ3v) is 7.29. The standard InChI is InChI=1S/C25H35N3O3/c1-17(2)24(30)27-14-12-20(13-15-27)26-23(29)22-16-19-10-6-7-11-21(19)28(22)25(31)18-8-4-3-5-9-18/h3-5,8-9,17,19-22H,6-7,10-16H2,1-2H3,(H,26,29). The number of carbonyl (C=O) groups excluding carboxylic acids is 3. The number of carbonyl (C=O) groups is 3. The largest absolute Gasteiger partial charge is 0.351 e. The van der Waals surface area contributed by atoms with Gasteiger partial charge >= 0.3 is 0 Å². The SMILES string of the molecule is CC(C)C(=O)N1CCC(NC(=O)C2CC3CCCCC3N2C(=O)c2ccccc2)CC1. The van der Waals surface area contributed by atoms with Gasteiger partial charge in [-0.2, -0.15) is 0 Å². The number of rotatable bonds is 4. The van der Waals surface area contributed by atoms with Gasteiger partial charge in [0.25, 0.3) is 5.91 Å². The number of amides is 3. The van der Waals surface area contributed by atoms with Crippen molar-refractivity contribution in [2.75, 3.05) is 13.1 Å². The lowest BCUT2D eigenvalue weighted by Gasteiger charge is -2.36. The van der Waals surface area contributed by atoms with Crippen LogP contribution in [0.5, 0.6) is 0 Å². The normalized spacial score (nSPS) is 26.6. The first kappa shape index (κ1) is 21.8. The van der Waals surface area contributed by atoms with Gasteiger partial charge in [0.05, 0.1) is 0 Å². The van der Waals surface area contributed by atoms with E-state index in [0.717, 1.165) is 38.5 Å². The van der Waals surface area contributed by atoms with E-state index < -0.39 is 6.04 Å². The van der Waals surface area contributed by atoms with Gasteiger partial charge in [-0.3, -0.25) is 14.4 Å². The van der Waals surface area contributed by atoms with Crippen molar-refractivity contribution in [3.8, 4) is 0 Å². The van der Waals surface area contributed by atoms with Gasteiger partial charge in [-0.1, -0.05) is 44.9 Å². The molecule has 3 atom stereocenters. The molecule has 3 fully saturated rings. The molecule has 2 aliphatic heterocycles. The zero-order chi connectivity index (χ0) is 22.0. The Bertz CT molecular complexity index is 801. The minimum Gasteiger partial charge on any atom is -0.351 e. The monoisotopic (exact) mass is 425 g/mol. The van der Waals surface area contributed by atoms with E-state index in [2.05, 4.69) is 5.32 Å². The molecule has 3 unspecified atom stereocenters. The number of piperidine rings is 1. The van der Waals surface area contributed by atoms with E-state index in [9.17, 15) is 14.4 Å². The Morgan fingerprint density at radius 3 is 2.32 bits per heavy atom. The Morgan fingerprint density at radius 2 is 1.65 bits per heavy atom. The summed E-state index contributed by atoms with van der Waals surface area (Å²) in [4.78, 5) is 42.8. The van der Waals surface area contributed by atoms with Crippen molar-refractivity contribution in [3.63, 3.8) is 0 Å². The van der Waals surface area contributed by atoms with Crippen molar-refractivity contribution >= 4 is 17.7 Å². The van der Waals surface area contributed by atoms with Crippen LogP contribution in [0.3, 0.4) is 0 Å². The molecule has 6 nitrogen and oxygen atoms in total. The lowest BCUT2D eigenvalue weighted by atomic mass is 9.84. The third kappa shape index (κ3) is 4.63. The molecule has 4 rings (SSSR count). The molecule has 1 aromatic carbocycles. The van der Waals surface area contributed by atoms with Crippen LogP contribution < -0.4 is 5.32 Å². The Balaban J connectivity index is 1.43. The van der Waals surface area contributed by atoms with Gasteiger partial charge in [0.15, 0.2) is 0 Å². The van der Waals surface area contributed by atoms with Crippen LogP contribution in [-0.2, 0) is 9.59 Å². The summed E-state index contributed by atoms with van der Waals surface area (Å²) in [6, 6.07) is 9.19. The fourth-order valence-electron chi connectivity index (χ4n) is 5.62. The van der Waals surface area contributed by atoms with E-state index in [1.165, 1.54) is 6.42 Å². The lowest BCUT2D eigenvalue weighted by Crippen LogP contribution is -2.53. The first-order chi connectivity index (χ1) is 15.0. The summed E-state index contributed by atoms with van der Waals surface area (Å²) in [7, 11) is 0. The summed E-state index contributed by atoms with van der Waals surface area (Å²) in [6.45, 7) is 5.22. The Hall–Kier alpha value is -2.37. The van der Waals surface area contributed by atoms with Gasteiger partial charge < -0.3 is 15.1 Å². The van der Waals surface area contributed by atoms with Crippen LogP contribution in [0, 0.1) is 11.8 Å². The summed E-state index contributed by atoms with van der Waals surface area (Å²) < 4.78 is 0. The number of benzene rings is 1. The quantitative estimate of drug-likeness (QED) is 0.805. The van der Waals surface area contributed by atoms with Crippen LogP contribution in [0.2, 0.25) is 0 Å². The van der Waals surface area contributed by atoms with Gasteiger partial charge in [0.2, 0.25) is 11.8 Å². The van der Waals surface area contributed by atoms with Crippen LogP contribution in [-0.4, -0.2) is 58.7 Å². The third-order valence-electron chi connectivity index (χ3n) is 7.29. The number of fused-ring (bicyclic) bond motifs is 1. The Kier molecular flexibility index (Phi) is 6.63. The number of likely N-dealkylation sites (tertiary alicyclic amines) is 2. The molecule has 1 aliphatic carbocycles. The van der Waals surface area contributed by atoms with Gasteiger partial charge in [-0.15, -0.1) is 0 Å². The highest BCUT2D eigenvalue weighted by Crippen LogP contribution is 2.40. The summed E-state index contributed by atoms with van der Waals surface area (Å²) in [6.07, 6.45) is 6.71. The first-order valence-corrected chi connectivity index (χ1v) is 11.9. The van der Waals surface area contributed by atoms with E-state index in [0.29, 0.717) is 24.6 Å². The predicted molar refractivity (Wildman–Crippen MR) is 119 cm³/mol. The Labute approximate surface area is 185 Å². The number of nitrogens with zero attached hydrogens (tertiary/aromatic N) is 2. The molecule has 0 aromatic heterocycles. The summed E-state index contributed by atoms with van der Waals surface area (Å²) in [5.41, 5.74) is 0.659. The molecule has 1 aromatic rings. The van der Waals surface area contributed by atoms with Crippen LogP contribution in [0.25, 0.3) is 0 Å². The van der Waals surface area contributed by atoms with Crippen molar-refractivity contribution in [1.82, 2.24) is 15.1 Å². The molecule has 0 radical (unpaired) electrons. The maximum Gasteiger partial charge on any atom is 0.254 e. The smallest absolute Gasteiger partial charge is 0.254 e. The molecule has 31 heavy (non-hydrogen) atoms. The molecule has 168 valence electrons. The van der Waals surface area contributed by atoms with Gasteiger partial charge in [0, 0.05) is 36.7 Å². The first-order valence-electron chi connectivity index (χ1n) is 11.9. The number of hydrogen-bond donors (Lipinski definition) is 1. The highest BCUT2D eigenvalue weighted by molar-refractivity contribution is 5.98. The van der Waals surface area contributed by atoms with E-state index >= 15 is 0 Å². The minimum atomic E-state index is -0.392. The minimum absolute atomic E-state index is 0.00512. The van der Waals surface area contributed by atoms with E-state index in [1.807, 2.05) is 54.0 Å². The second-order valence-electron chi connectivity index (χ2n) is 9.70. The van der Waals surface area contributed by atoms with Crippen LogP contribution in [0.15, 0.2) is 30.3 Å². The molecule has 1 saturated carbocycles. The zero-order valence-corrected chi connectivity index (χ0v) is 18.8. The second-order valence-corrected chi connectivity index (χ2v) is 9.70. The zero-order valence-electron chi connectivity index (χ0n) is 18.8. The second kappa shape index (κ2) is 9.41. The average Bonchev–Trinajstić information content (AvgIpc) is 3.19. The van der Waals surface area contributed by atoms with Crippen molar-refractivity contribution in [2.45, 2.75) is 76.9 Å². The van der Waals surface area contributed by atoms with Crippen molar-refractivity contribution < 1.29 is 14.4 Å². The van der Waals surface area contributed by atoms with E-state index in [-0.39, 0.29) is 35.7 Å². The van der Waals surface area contributed by atoms with Crippen molar-refractivity contribution in [1.29, 1.82) is 0 Å². The van der Waals surface area contributed by atoms with Gasteiger partial charge in [0.1, 0.15) is 6.04 Å². The topological polar surface area (TPSA) is 69.7 Å². The van der Waals surface area contributed by atoms with Gasteiger partial charge in [-0.05, 0) is 50.2 Å². The summed E-state index contributed by atoms with van der Waals surface area (Å²) in [5, 5.41) is 3.22. The van der Waals surface area contributed by atoms with Crippen molar-refractivity contribution in [3.05, 3.63) is 35.9 Å². The fourth-order valence-corrected chi connectivity index (χ4v) is 5.62. The van der Waals surface area contributed by atoms with E-state index in [1.54, 1.807) is 0 Å². The molecule has 2 saturated heterocycles. The highest BCUT2D eigenvalue weighted by atomic mass is 16.2.